The summed E-state index contributed by atoms with van der Waals surface area (Å²) in [7, 11) is 0. The topological polar surface area (TPSA) is 86.0 Å². The van der Waals surface area contributed by atoms with Gasteiger partial charge in [-0.3, -0.25) is 14.2 Å². The second-order valence-electron chi connectivity index (χ2n) is 7.12. The molecule has 0 aliphatic heterocycles. The Labute approximate surface area is 165 Å². The standard InChI is InChI=1S/C21H19FN4O3/c1-13-6-8-14(9-7-13)12-25-20(28)18(19(27)23-15-10-11-15)24-26(21(25)29)17-5-3-2-4-16(17)22/h2-9,15H,10-12H2,1H3,(H,23,27). The third-order valence-electron chi connectivity index (χ3n) is 4.73. The minimum Gasteiger partial charge on any atom is -0.348 e. The molecule has 1 aromatic heterocycles. The molecule has 1 fully saturated rings. The Morgan fingerprint density at radius 1 is 1.14 bits per heavy atom. The van der Waals surface area contributed by atoms with Crippen molar-refractivity contribution >= 4 is 5.91 Å². The van der Waals surface area contributed by atoms with E-state index in [1.165, 1.54) is 18.2 Å². The summed E-state index contributed by atoms with van der Waals surface area (Å²) in [5.41, 5.74) is -0.453. The monoisotopic (exact) mass is 394 g/mol. The molecule has 7 nitrogen and oxygen atoms in total. The Morgan fingerprint density at radius 3 is 2.48 bits per heavy atom. The summed E-state index contributed by atoms with van der Waals surface area (Å²) >= 11 is 0. The van der Waals surface area contributed by atoms with Gasteiger partial charge in [-0.25, -0.2) is 9.18 Å². The van der Waals surface area contributed by atoms with E-state index in [1.54, 1.807) is 18.2 Å². The van der Waals surface area contributed by atoms with Crippen LogP contribution >= 0.6 is 0 Å². The lowest BCUT2D eigenvalue weighted by molar-refractivity contribution is 0.0941. The molecule has 0 radical (unpaired) electrons. The molecule has 1 aliphatic rings. The lowest BCUT2D eigenvalue weighted by Gasteiger charge is -2.13. The maximum absolute atomic E-state index is 14.3. The molecule has 1 heterocycles. The molecule has 1 saturated carbocycles. The van der Waals surface area contributed by atoms with E-state index < -0.39 is 28.7 Å². The average Bonchev–Trinajstić information content (AvgIpc) is 3.51. The Bertz CT molecular complexity index is 1190. The van der Waals surface area contributed by atoms with E-state index in [1.807, 2.05) is 19.1 Å². The number of para-hydroxylation sites is 1. The van der Waals surface area contributed by atoms with E-state index in [0.717, 1.165) is 27.7 Å². The number of carbonyl (C=O) groups excluding carboxylic acids is 1. The lowest BCUT2D eigenvalue weighted by atomic mass is 10.1. The van der Waals surface area contributed by atoms with Crippen LogP contribution < -0.4 is 16.6 Å². The van der Waals surface area contributed by atoms with E-state index >= 15 is 0 Å². The van der Waals surface area contributed by atoms with Crippen LogP contribution in [0.25, 0.3) is 5.69 Å². The number of rotatable bonds is 5. The highest BCUT2D eigenvalue weighted by Crippen LogP contribution is 2.18. The molecule has 2 aromatic carbocycles. The number of carbonyl (C=O) groups is 1. The van der Waals surface area contributed by atoms with Gasteiger partial charge < -0.3 is 5.32 Å². The molecule has 0 unspecified atom stereocenters. The van der Waals surface area contributed by atoms with Crippen LogP contribution in [0.2, 0.25) is 0 Å². The van der Waals surface area contributed by atoms with Gasteiger partial charge in [-0.2, -0.15) is 9.78 Å². The number of amides is 1. The Kier molecular flexibility index (Phi) is 4.84. The number of halogens is 1. The first kappa shape index (κ1) is 18.8. The van der Waals surface area contributed by atoms with Gasteiger partial charge in [0.25, 0.3) is 11.5 Å². The second-order valence-corrected chi connectivity index (χ2v) is 7.12. The summed E-state index contributed by atoms with van der Waals surface area (Å²) in [5.74, 6) is -1.35. The molecule has 8 heteroatoms. The molecule has 3 aromatic rings. The third-order valence-corrected chi connectivity index (χ3v) is 4.73. The van der Waals surface area contributed by atoms with Crippen molar-refractivity contribution in [1.82, 2.24) is 19.7 Å². The first-order chi connectivity index (χ1) is 13.9. The number of nitrogens with zero attached hydrogens (tertiary/aromatic N) is 3. The zero-order chi connectivity index (χ0) is 20.5. The SMILES string of the molecule is Cc1ccc(Cn2c(=O)c(C(=O)NC3CC3)nn(-c3ccccc3F)c2=O)cc1. The number of aromatic nitrogens is 3. The van der Waals surface area contributed by atoms with E-state index in [9.17, 15) is 18.8 Å². The molecule has 4 rings (SSSR count). The average molecular weight is 394 g/mol. The van der Waals surface area contributed by atoms with Crippen LogP contribution in [-0.2, 0) is 6.54 Å². The highest BCUT2D eigenvalue weighted by Gasteiger charge is 2.28. The molecule has 29 heavy (non-hydrogen) atoms. The fourth-order valence-electron chi connectivity index (χ4n) is 2.93. The van der Waals surface area contributed by atoms with Crippen LogP contribution in [0.15, 0.2) is 58.1 Å². The minimum atomic E-state index is -0.816. The van der Waals surface area contributed by atoms with Crippen LogP contribution in [0.4, 0.5) is 4.39 Å². The molecule has 0 spiro atoms. The van der Waals surface area contributed by atoms with Crippen LogP contribution in [-0.4, -0.2) is 26.3 Å². The molecule has 0 bridgehead atoms. The van der Waals surface area contributed by atoms with Crippen molar-refractivity contribution < 1.29 is 9.18 Å². The van der Waals surface area contributed by atoms with Gasteiger partial charge in [0.15, 0.2) is 0 Å². The van der Waals surface area contributed by atoms with Crippen molar-refractivity contribution in [2.75, 3.05) is 0 Å². The maximum Gasteiger partial charge on any atom is 0.352 e. The van der Waals surface area contributed by atoms with Crippen molar-refractivity contribution in [3.05, 3.63) is 92.0 Å². The van der Waals surface area contributed by atoms with E-state index in [2.05, 4.69) is 10.4 Å². The summed E-state index contributed by atoms with van der Waals surface area (Å²) in [6.07, 6.45) is 1.66. The number of nitrogens with one attached hydrogen (secondary N) is 1. The summed E-state index contributed by atoms with van der Waals surface area (Å²) in [4.78, 5) is 38.4. The van der Waals surface area contributed by atoms with Crippen molar-refractivity contribution in [2.45, 2.75) is 32.4 Å². The fraction of sp³-hybridized carbons (Fsp3) is 0.238. The van der Waals surface area contributed by atoms with Crippen molar-refractivity contribution in [1.29, 1.82) is 0 Å². The molecule has 1 aliphatic carbocycles. The van der Waals surface area contributed by atoms with Crippen molar-refractivity contribution in [3.8, 4) is 5.69 Å². The molecular formula is C21H19FN4O3. The Balaban J connectivity index is 1.88. The largest absolute Gasteiger partial charge is 0.352 e. The van der Waals surface area contributed by atoms with Gasteiger partial charge in [-0.05, 0) is 37.5 Å². The van der Waals surface area contributed by atoms with Crippen LogP contribution in [0.3, 0.4) is 0 Å². The van der Waals surface area contributed by atoms with Gasteiger partial charge in [-0.15, -0.1) is 0 Å². The second kappa shape index (κ2) is 7.46. The number of hydrogen-bond acceptors (Lipinski definition) is 4. The summed E-state index contributed by atoms with van der Waals surface area (Å²) in [6.45, 7) is 1.87. The van der Waals surface area contributed by atoms with E-state index in [-0.39, 0.29) is 18.3 Å². The molecule has 0 atom stereocenters. The van der Waals surface area contributed by atoms with E-state index in [0.29, 0.717) is 5.56 Å². The first-order valence-electron chi connectivity index (χ1n) is 9.29. The summed E-state index contributed by atoms with van der Waals surface area (Å²) in [6, 6.07) is 12.9. The lowest BCUT2D eigenvalue weighted by Crippen LogP contribution is -2.46. The predicted molar refractivity (Wildman–Crippen MR) is 105 cm³/mol. The molecular weight excluding hydrogens is 375 g/mol. The third kappa shape index (κ3) is 3.87. The number of benzene rings is 2. The highest BCUT2D eigenvalue weighted by molar-refractivity contribution is 5.92. The smallest absolute Gasteiger partial charge is 0.348 e. The quantitative estimate of drug-likeness (QED) is 0.715. The summed E-state index contributed by atoms with van der Waals surface area (Å²) < 4.78 is 16.0. The normalized spacial score (nSPS) is 13.3. The van der Waals surface area contributed by atoms with Gasteiger partial charge >= 0.3 is 5.69 Å². The summed E-state index contributed by atoms with van der Waals surface area (Å²) in [5, 5.41) is 6.62. The van der Waals surface area contributed by atoms with Gasteiger partial charge in [-0.1, -0.05) is 42.0 Å². The maximum atomic E-state index is 14.3. The first-order valence-corrected chi connectivity index (χ1v) is 9.29. The van der Waals surface area contributed by atoms with Gasteiger partial charge in [0.2, 0.25) is 5.69 Å². The zero-order valence-corrected chi connectivity index (χ0v) is 15.8. The van der Waals surface area contributed by atoms with Gasteiger partial charge in [0, 0.05) is 6.04 Å². The number of hydrogen-bond donors (Lipinski definition) is 1. The molecule has 148 valence electrons. The molecule has 1 amide bonds. The fourth-order valence-corrected chi connectivity index (χ4v) is 2.93. The number of aryl methyl sites for hydroxylation is 1. The highest BCUT2D eigenvalue weighted by atomic mass is 19.1. The van der Waals surface area contributed by atoms with Crippen LogP contribution in [0.1, 0.15) is 34.5 Å². The van der Waals surface area contributed by atoms with Crippen molar-refractivity contribution in [2.24, 2.45) is 0 Å². The minimum absolute atomic E-state index is 0.00286. The van der Waals surface area contributed by atoms with Crippen LogP contribution in [0.5, 0.6) is 0 Å². The van der Waals surface area contributed by atoms with Gasteiger partial charge in [0.05, 0.1) is 6.54 Å². The molecule has 0 saturated heterocycles. The van der Waals surface area contributed by atoms with Crippen LogP contribution in [0, 0.1) is 12.7 Å². The van der Waals surface area contributed by atoms with Crippen molar-refractivity contribution in [3.63, 3.8) is 0 Å². The molecule has 1 N–H and O–H groups in total. The predicted octanol–water partition coefficient (Wildman–Crippen LogP) is 1.78. The zero-order valence-electron chi connectivity index (χ0n) is 15.8. The Morgan fingerprint density at radius 2 is 1.83 bits per heavy atom. The van der Waals surface area contributed by atoms with E-state index in [4.69, 9.17) is 0 Å². The van der Waals surface area contributed by atoms with Gasteiger partial charge in [0.1, 0.15) is 11.5 Å². The Hall–Kier alpha value is -3.55.